The first-order valence-corrected chi connectivity index (χ1v) is 7.99. The van der Waals surface area contributed by atoms with Gasteiger partial charge in [0.15, 0.2) is 0 Å². The predicted molar refractivity (Wildman–Crippen MR) is 78.4 cm³/mol. The number of ether oxygens (including phenoxy) is 1. The molecule has 0 radical (unpaired) electrons. The summed E-state index contributed by atoms with van der Waals surface area (Å²) in [4.78, 5) is 11.2. The van der Waals surface area contributed by atoms with Crippen molar-refractivity contribution in [3.8, 4) is 5.75 Å². The number of nitrogens with one attached hydrogen (secondary N) is 1. The van der Waals surface area contributed by atoms with Crippen molar-refractivity contribution < 1.29 is 17.9 Å². The highest BCUT2D eigenvalue weighted by molar-refractivity contribution is 7.89. The summed E-state index contributed by atoms with van der Waals surface area (Å²) in [6.45, 7) is 2.07. The van der Waals surface area contributed by atoms with Gasteiger partial charge in [0.05, 0.1) is 17.7 Å². The minimum Gasteiger partial charge on any atom is -0.495 e. The molecule has 0 aliphatic carbocycles. The van der Waals surface area contributed by atoms with E-state index in [-0.39, 0.29) is 23.4 Å². The maximum absolute atomic E-state index is 12.6. The molecular weight excluding hydrogens is 294 g/mol. The summed E-state index contributed by atoms with van der Waals surface area (Å²) in [7, 11) is -2.18. The Balaban J connectivity index is 2.21. The Labute approximate surface area is 124 Å². The van der Waals surface area contributed by atoms with Gasteiger partial charge in [0, 0.05) is 32.1 Å². The molecule has 1 unspecified atom stereocenters. The Morgan fingerprint density at radius 2 is 2.19 bits per heavy atom. The van der Waals surface area contributed by atoms with Crippen molar-refractivity contribution in [3.05, 3.63) is 18.2 Å². The summed E-state index contributed by atoms with van der Waals surface area (Å²) in [5.41, 5.74) is 6.08. The zero-order valence-electron chi connectivity index (χ0n) is 12.0. The van der Waals surface area contributed by atoms with E-state index in [4.69, 9.17) is 10.5 Å². The van der Waals surface area contributed by atoms with Crippen LogP contribution in [0.4, 0.5) is 5.69 Å². The van der Waals surface area contributed by atoms with Crippen LogP contribution in [0.5, 0.6) is 5.75 Å². The normalized spacial score (nSPS) is 19.4. The van der Waals surface area contributed by atoms with Gasteiger partial charge in [-0.25, -0.2) is 8.42 Å². The predicted octanol–water partition coefficient (Wildman–Crippen LogP) is 0.177. The van der Waals surface area contributed by atoms with Crippen molar-refractivity contribution in [2.75, 3.05) is 25.9 Å². The summed E-state index contributed by atoms with van der Waals surface area (Å²) >= 11 is 0. The Bertz CT molecular complexity index is 645. The molecule has 21 heavy (non-hydrogen) atoms. The van der Waals surface area contributed by atoms with Gasteiger partial charge in [0.1, 0.15) is 5.75 Å². The molecule has 0 spiro atoms. The Kier molecular flexibility index (Phi) is 4.38. The number of nitrogens with two attached hydrogens (primary N) is 1. The third-order valence-electron chi connectivity index (χ3n) is 3.40. The molecule has 1 amide bonds. The molecule has 0 bridgehead atoms. The molecule has 2 rings (SSSR count). The second kappa shape index (κ2) is 5.90. The quantitative estimate of drug-likeness (QED) is 0.772. The highest BCUT2D eigenvalue weighted by Crippen LogP contribution is 2.28. The van der Waals surface area contributed by atoms with E-state index in [1.54, 1.807) is 0 Å². The number of rotatable bonds is 4. The van der Waals surface area contributed by atoms with E-state index in [1.165, 1.54) is 36.5 Å². The van der Waals surface area contributed by atoms with Crippen molar-refractivity contribution in [1.82, 2.24) is 9.62 Å². The van der Waals surface area contributed by atoms with Crippen LogP contribution in [-0.2, 0) is 14.8 Å². The van der Waals surface area contributed by atoms with Gasteiger partial charge in [-0.15, -0.1) is 0 Å². The van der Waals surface area contributed by atoms with Gasteiger partial charge in [-0.1, -0.05) is 0 Å². The molecule has 1 saturated heterocycles. The molecule has 1 aromatic rings. The fraction of sp³-hybridized carbons (Fsp3) is 0.462. The number of sulfonamides is 1. The molecule has 7 nitrogen and oxygen atoms in total. The number of methoxy groups -OCH3 is 1. The number of hydrogen-bond acceptors (Lipinski definition) is 5. The zero-order valence-corrected chi connectivity index (χ0v) is 12.8. The number of carbonyl (C=O) groups is 1. The van der Waals surface area contributed by atoms with E-state index in [0.29, 0.717) is 24.4 Å². The van der Waals surface area contributed by atoms with Crippen LogP contribution in [0.25, 0.3) is 0 Å². The van der Waals surface area contributed by atoms with Gasteiger partial charge in [-0.3, -0.25) is 4.79 Å². The van der Waals surface area contributed by atoms with Crippen LogP contribution in [0, 0.1) is 0 Å². The molecule has 1 atom stereocenters. The number of amides is 1. The number of benzene rings is 1. The molecule has 116 valence electrons. The van der Waals surface area contributed by atoms with Crippen LogP contribution in [0.1, 0.15) is 13.3 Å². The lowest BCUT2D eigenvalue weighted by molar-refractivity contribution is -0.119. The molecule has 0 saturated carbocycles. The molecule has 0 aromatic heterocycles. The fourth-order valence-electron chi connectivity index (χ4n) is 2.35. The van der Waals surface area contributed by atoms with Crippen molar-refractivity contribution in [1.29, 1.82) is 0 Å². The van der Waals surface area contributed by atoms with E-state index >= 15 is 0 Å². The van der Waals surface area contributed by atoms with Crippen molar-refractivity contribution in [2.24, 2.45) is 0 Å². The molecule has 3 N–H and O–H groups in total. The number of nitrogens with zero attached hydrogens (tertiary/aromatic N) is 1. The summed E-state index contributed by atoms with van der Waals surface area (Å²) in [5.74, 6) is 0.169. The van der Waals surface area contributed by atoms with Gasteiger partial charge in [-0.2, -0.15) is 4.31 Å². The average Bonchev–Trinajstić information content (AvgIpc) is 2.87. The van der Waals surface area contributed by atoms with Gasteiger partial charge in [0.25, 0.3) is 0 Å². The highest BCUT2D eigenvalue weighted by Gasteiger charge is 2.33. The molecule has 1 aromatic carbocycles. The minimum atomic E-state index is -3.61. The van der Waals surface area contributed by atoms with Crippen LogP contribution in [0.2, 0.25) is 0 Å². The van der Waals surface area contributed by atoms with E-state index in [0.717, 1.165) is 0 Å². The van der Waals surface area contributed by atoms with Crippen molar-refractivity contribution in [2.45, 2.75) is 24.3 Å². The molecule has 1 heterocycles. The summed E-state index contributed by atoms with van der Waals surface area (Å²) < 4.78 is 31.5. The van der Waals surface area contributed by atoms with Crippen LogP contribution in [0.15, 0.2) is 23.1 Å². The van der Waals surface area contributed by atoms with Gasteiger partial charge in [-0.05, 0) is 18.6 Å². The fourth-order valence-corrected chi connectivity index (χ4v) is 3.87. The molecule has 1 aliphatic heterocycles. The number of carbonyl (C=O) groups excluding carboxylic acids is 1. The third kappa shape index (κ3) is 3.27. The van der Waals surface area contributed by atoms with E-state index < -0.39 is 10.0 Å². The standard InChI is InChI=1S/C13H19N3O4S/c1-9(17)15-10-5-6-16(8-10)21(18,19)11-3-4-12(14)13(7-11)20-2/h3-4,7,10H,5-6,8,14H2,1-2H3,(H,15,17). The monoisotopic (exact) mass is 313 g/mol. The first-order valence-electron chi connectivity index (χ1n) is 6.55. The van der Waals surface area contributed by atoms with Gasteiger partial charge >= 0.3 is 0 Å². The van der Waals surface area contributed by atoms with Gasteiger partial charge in [0.2, 0.25) is 15.9 Å². The van der Waals surface area contributed by atoms with Crippen LogP contribution in [-0.4, -0.2) is 44.9 Å². The average molecular weight is 313 g/mol. The Hall–Kier alpha value is -1.80. The maximum Gasteiger partial charge on any atom is 0.243 e. The molecular formula is C13H19N3O4S. The minimum absolute atomic E-state index is 0.136. The van der Waals surface area contributed by atoms with Crippen LogP contribution in [0.3, 0.4) is 0 Å². The van der Waals surface area contributed by atoms with E-state index in [1.807, 2.05) is 0 Å². The number of hydrogen-bond donors (Lipinski definition) is 2. The SMILES string of the molecule is COc1cc(S(=O)(=O)N2CCC(NC(C)=O)C2)ccc1N. The van der Waals surface area contributed by atoms with Crippen molar-refractivity contribution in [3.63, 3.8) is 0 Å². The van der Waals surface area contributed by atoms with E-state index in [9.17, 15) is 13.2 Å². The summed E-state index contributed by atoms with van der Waals surface area (Å²) in [5, 5.41) is 2.74. The highest BCUT2D eigenvalue weighted by atomic mass is 32.2. The van der Waals surface area contributed by atoms with Crippen LogP contribution >= 0.6 is 0 Å². The lowest BCUT2D eigenvalue weighted by Crippen LogP contribution is -2.37. The second-order valence-electron chi connectivity index (χ2n) is 4.95. The maximum atomic E-state index is 12.6. The smallest absolute Gasteiger partial charge is 0.243 e. The zero-order chi connectivity index (χ0) is 15.6. The molecule has 1 fully saturated rings. The summed E-state index contributed by atoms with van der Waals surface area (Å²) in [6.07, 6.45) is 0.602. The third-order valence-corrected chi connectivity index (χ3v) is 5.26. The Morgan fingerprint density at radius 1 is 1.48 bits per heavy atom. The second-order valence-corrected chi connectivity index (χ2v) is 6.89. The lowest BCUT2D eigenvalue weighted by Gasteiger charge is -2.17. The molecule has 1 aliphatic rings. The largest absolute Gasteiger partial charge is 0.495 e. The topological polar surface area (TPSA) is 102 Å². The lowest BCUT2D eigenvalue weighted by atomic mass is 10.3. The Morgan fingerprint density at radius 3 is 2.81 bits per heavy atom. The van der Waals surface area contributed by atoms with Gasteiger partial charge < -0.3 is 15.8 Å². The first-order chi connectivity index (χ1) is 9.84. The molecule has 8 heteroatoms. The number of nitrogen functional groups attached to an aromatic ring is 1. The van der Waals surface area contributed by atoms with E-state index in [2.05, 4.69) is 5.32 Å². The van der Waals surface area contributed by atoms with Crippen LogP contribution < -0.4 is 15.8 Å². The first kappa shape index (κ1) is 15.6. The van der Waals surface area contributed by atoms with Crippen molar-refractivity contribution >= 4 is 21.6 Å². The number of anilines is 1. The summed E-state index contributed by atoms with van der Waals surface area (Å²) in [6, 6.07) is 4.23.